The van der Waals surface area contributed by atoms with Crippen LogP contribution in [-0.4, -0.2) is 55.3 Å². The van der Waals surface area contributed by atoms with Crippen molar-refractivity contribution in [3.63, 3.8) is 0 Å². The van der Waals surface area contributed by atoms with E-state index in [0.717, 1.165) is 26.2 Å². The quantitative estimate of drug-likeness (QED) is 0.711. The monoisotopic (exact) mass is 247 g/mol. The normalized spacial score (nSPS) is 37.5. The van der Waals surface area contributed by atoms with Crippen LogP contribution in [0.2, 0.25) is 0 Å². The maximum Gasteiger partial charge on any atom is 0.0841 e. The summed E-state index contributed by atoms with van der Waals surface area (Å²) in [5.41, 5.74) is 0. The van der Waals surface area contributed by atoms with E-state index in [0.29, 0.717) is 18.1 Å². The average Bonchev–Trinajstić information content (AvgIpc) is 2.29. The third kappa shape index (κ3) is 3.59. The van der Waals surface area contributed by atoms with Crippen LogP contribution in [0, 0.1) is 0 Å². The van der Waals surface area contributed by atoms with Gasteiger partial charge in [0.05, 0.1) is 18.3 Å². The molecule has 0 saturated carbocycles. The second-order valence-corrected chi connectivity index (χ2v) is 5.24. The van der Waals surface area contributed by atoms with E-state index in [1.165, 1.54) is 19.3 Å². The molecule has 2 rings (SSSR count). The highest BCUT2D eigenvalue weighted by molar-refractivity contribution is 6.18. The van der Waals surface area contributed by atoms with Crippen molar-refractivity contribution in [3.05, 3.63) is 0 Å². The van der Waals surface area contributed by atoms with Gasteiger partial charge in [-0.25, -0.2) is 0 Å². The Morgan fingerprint density at radius 2 is 2.12 bits per heavy atom. The molecule has 16 heavy (non-hydrogen) atoms. The molecular weight excluding hydrogens is 226 g/mol. The number of ether oxygens (including phenoxy) is 2. The predicted molar refractivity (Wildman–Crippen MR) is 65.1 cm³/mol. The molecule has 0 radical (unpaired) electrons. The van der Waals surface area contributed by atoms with E-state index in [1.54, 1.807) is 0 Å². The van der Waals surface area contributed by atoms with Gasteiger partial charge < -0.3 is 9.47 Å². The van der Waals surface area contributed by atoms with Crippen molar-refractivity contribution < 1.29 is 9.47 Å². The first-order chi connectivity index (χ1) is 7.78. The van der Waals surface area contributed by atoms with Crippen molar-refractivity contribution >= 4 is 11.6 Å². The van der Waals surface area contributed by atoms with Crippen molar-refractivity contribution in [2.24, 2.45) is 0 Å². The molecule has 4 heteroatoms. The number of hydrogen-bond donors (Lipinski definition) is 0. The Hall–Kier alpha value is 0.170. The van der Waals surface area contributed by atoms with Crippen LogP contribution >= 0.6 is 11.6 Å². The fraction of sp³-hybridized carbons (Fsp3) is 1.00. The smallest absolute Gasteiger partial charge is 0.0841 e. The van der Waals surface area contributed by atoms with Gasteiger partial charge in [0.15, 0.2) is 0 Å². The maximum atomic E-state index is 5.87. The fourth-order valence-electron chi connectivity index (χ4n) is 2.61. The SMILES string of the molecule is CC1CN(CC2CCCCO2)CC(CCl)O1. The van der Waals surface area contributed by atoms with Crippen LogP contribution in [0.4, 0.5) is 0 Å². The van der Waals surface area contributed by atoms with Crippen LogP contribution in [0.5, 0.6) is 0 Å². The van der Waals surface area contributed by atoms with Gasteiger partial charge in [-0.1, -0.05) is 0 Å². The first-order valence-corrected chi connectivity index (χ1v) is 6.86. The minimum atomic E-state index is 0.189. The molecule has 3 atom stereocenters. The molecule has 2 aliphatic heterocycles. The van der Waals surface area contributed by atoms with Gasteiger partial charge in [-0.3, -0.25) is 4.90 Å². The number of hydrogen-bond acceptors (Lipinski definition) is 3. The lowest BCUT2D eigenvalue weighted by Crippen LogP contribution is -2.50. The van der Waals surface area contributed by atoms with Crippen molar-refractivity contribution in [2.75, 3.05) is 32.1 Å². The number of alkyl halides is 1. The van der Waals surface area contributed by atoms with Crippen LogP contribution in [0.1, 0.15) is 26.2 Å². The molecular formula is C12H22ClNO2. The molecule has 2 saturated heterocycles. The molecule has 0 spiro atoms. The van der Waals surface area contributed by atoms with Crippen LogP contribution in [0.3, 0.4) is 0 Å². The zero-order valence-corrected chi connectivity index (χ0v) is 10.8. The Morgan fingerprint density at radius 1 is 1.25 bits per heavy atom. The molecule has 0 N–H and O–H groups in total. The molecule has 94 valence electrons. The number of rotatable bonds is 3. The summed E-state index contributed by atoms with van der Waals surface area (Å²) < 4.78 is 11.5. The number of nitrogens with zero attached hydrogens (tertiary/aromatic N) is 1. The molecule has 0 aromatic heterocycles. The number of morpholine rings is 1. The van der Waals surface area contributed by atoms with E-state index < -0.39 is 0 Å². The molecule has 2 heterocycles. The van der Waals surface area contributed by atoms with Gasteiger partial charge in [-0.05, 0) is 26.2 Å². The van der Waals surface area contributed by atoms with E-state index in [1.807, 2.05) is 0 Å². The maximum absolute atomic E-state index is 5.87. The zero-order valence-electron chi connectivity index (χ0n) is 10.0. The third-order valence-corrected chi connectivity index (χ3v) is 3.65. The molecule has 0 aliphatic carbocycles. The summed E-state index contributed by atoms with van der Waals surface area (Å²) in [6.07, 6.45) is 4.64. The van der Waals surface area contributed by atoms with Gasteiger partial charge in [-0.15, -0.1) is 11.6 Å². The zero-order chi connectivity index (χ0) is 11.4. The Kier molecular flexibility index (Phi) is 4.89. The molecule has 0 amide bonds. The van der Waals surface area contributed by atoms with Crippen LogP contribution in [0.25, 0.3) is 0 Å². The Morgan fingerprint density at radius 3 is 2.81 bits per heavy atom. The average molecular weight is 248 g/mol. The summed E-state index contributed by atoms with van der Waals surface area (Å²) >= 11 is 5.87. The fourth-order valence-corrected chi connectivity index (χ4v) is 2.78. The van der Waals surface area contributed by atoms with Gasteiger partial charge >= 0.3 is 0 Å². The summed E-state index contributed by atoms with van der Waals surface area (Å²) in [5, 5.41) is 0. The largest absolute Gasteiger partial charge is 0.377 e. The van der Waals surface area contributed by atoms with Crippen molar-refractivity contribution in [3.8, 4) is 0 Å². The van der Waals surface area contributed by atoms with Crippen LogP contribution in [0.15, 0.2) is 0 Å². The summed E-state index contributed by atoms with van der Waals surface area (Å²) in [6.45, 7) is 6.05. The van der Waals surface area contributed by atoms with Gasteiger partial charge in [0.2, 0.25) is 0 Å². The summed E-state index contributed by atoms with van der Waals surface area (Å²) in [4.78, 5) is 2.44. The molecule has 0 bridgehead atoms. The van der Waals surface area contributed by atoms with Crippen LogP contribution < -0.4 is 0 Å². The highest BCUT2D eigenvalue weighted by Crippen LogP contribution is 2.17. The van der Waals surface area contributed by atoms with Crippen molar-refractivity contribution in [1.82, 2.24) is 4.90 Å². The Labute approximate surface area is 103 Å². The molecule has 0 aromatic carbocycles. The van der Waals surface area contributed by atoms with Crippen molar-refractivity contribution in [2.45, 2.75) is 44.5 Å². The van der Waals surface area contributed by atoms with Gasteiger partial charge in [0.1, 0.15) is 0 Å². The Bertz CT molecular complexity index is 209. The van der Waals surface area contributed by atoms with Gasteiger partial charge in [0, 0.05) is 32.1 Å². The van der Waals surface area contributed by atoms with E-state index in [2.05, 4.69) is 11.8 Å². The summed E-state index contributed by atoms with van der Waals surface area (Å²) in [7, 11) is 0. The first-order valence-electron chi connectivity index (χ1n) is 6.33. The molecule has 2 fully saturated rings. The lowest BCUT2D eigenvalue weighted by molar-refractivity contribution is -0.0860. The minimum absolute atomic E-state index is 0.189. The lowest BCUT2D eigenvalue weighted by Gasteiger charge is -2.38. The molecule has 3 nitrogen and oxygen atoms in total. The minimum Gasteiger partial charge on any atom is -0.377 e. The van der Waals surface area contributed by atoms with E-state index in [4.69, 9.17) is 21.1 Å². The second kappa shape index (κ2) is 6.20. The highest BCUT2D eigenvalue weighted by atomic mass is 35.5. The molecule has 3 unspecified atom stereocenters. The Balaban J connectivity index is 1.78. The number of halogens is 1. The van der Waals surface area contributed by atoms with E-state index in [9.17, 15) is 0 Å². The molecule has 2 aliphatic rings. The van der Waals surface area contributed by atoms with Gasteiger partial charge in [0.25, 0.3) is 0 Å². The van der Waals surface area contributed by atoms with Gasteiger partial charge in [-0.2, -0.15) is 0 Å². The summed E-state index contributed by atoms with van der Waals surface area (Å²) in [5.74, 6) is 0.590. The standard InChI is InChI=1S/C12H22ClNO2/c1-10-7-14(9-12(6-13)16-10)8-11-4-2-3-5-15-11/h10-12H,2-9H2,1H3. The van der Waals surface area contributed by atoms with Crippen molar-refractivity contribution in [1.29, 1.82) is 0 Å². The second-order valence-electron chi connectivity index (χ2n) is 4.93. The first kappa shape index (κ1) is 12.6. The topological polar surface area (TPSA) is 21.7 Å². The predicted octanol–water partition coefficient (Wildman–Crippen LogP) is 1.88. The lowest BCUT2D eigenvalue weighted by atomic mass is 10.1. The summed E-state index contributed by atoms with van der Waals surface area (Å²) in [6, 6.07) is 0. The third-order valence-electron chi connectivity index (χ3n) is 3.31. The van der Waals surface area contributed by atoms with Crippen LogP contribution in [-0.2, 0) is 9.47 Å². The molecule has 0 aromatic rings. The highest BCUT2D eigenvalue weighted by Gasteiger charge is 2.27. The van der Waals surface area contributed by atoms with E-state index in [-0.39, 0.29) is 6.10 Å². The van der Waals surface area contributed by atoms with E-state index >= 15 is 0 Å².